The summed E-state index contributed by atoms with van der Waals surface area (Å²) in [7, 11) is 1.57. The summed E-state index contributed by atoms with van der Waals surface area (Å²) >= 11 is 1.62. The summed E-state index contributed by atoms with van der Waals surface area (Å²) in [5, 5.41) is 22.7. The summed E-state index contributed by atoms with van der Waals surface area (Å²) in [5.41, 5.74) is 5.12. The Labute approximate surface area is 179 Å². The molecule has 154 valence electrons. The minimum Gasteiger partial charge on any atom is -0.481 e. The second kappa shape index (κ2) is 9.53. The van der Waals surface area contributed by atoms with Gasteiger partial charge in [-0.05, 0) is 49.7 Å². The molecule has 3 rings (SSSR count). The highest BCUT2D eigenvalue weighted by atomic mass is 32.1. The van der Waals surface area contributed by atoms with Crippen molar-refractivity contribution in [2.45, 2.75) is 26.2 Å². The number of nitriles is 1. The fourth-order valence-electron chi connectivity index (χ4n) is 3.37. The van der Waals surface area contributed by atoms with Crippen molar-refractivity contribution in [1.82, 2.24) is 4.98 Å². The Morgan fingerprint density at radius 2 is 2.00 bits per heavy atom. The first-order valence-electron chi connectivity index (χ1n) is 9.47. The van der Waals surface area contributed by atoms with E-state index in [1.807, 2.05) is 44.2 Å². The topological polar surface area (TPSA) is 95.2 Å². The molecule has 0 saturated carbocycles. The third-order valence-electron chi connectivity index (χ3n) is 4.75. The first-order chi connectivity index (χ1) is 14.4. The first-order valence-corrected chi connectivity index (χ1v) is 10.3. The fourth-order valence-corrected chi connectivity index (χ4v) is 4.33. The lowest BCUT2D eigenvalue weighted by atomic mass is 9.94. The maximum Gasteiger partial charge on any atom is 0.304 e. The van der Waals surface area contributed by atoms with E-state index in [4.69, 9.17) is 10.00 Å². The van der Waals surface area contributed by atoms with Gasteiger partial charge in [-0.3, -0.25) is 4.79 Å². The van der Waals surface area contributed by atoms with Crippen LogP contribution in [0, 0.1) is 25.2 Å². The van der Waals surface area contributed by atoms with Gasteiger partial charge in [0.2, 0.25) is 0 Å². The number of anilines is 2. The molecule has 0 saturated heterocycles. The number of benzene rings is 2. The average Bonchev–Trinajstić information content (AvgIpc) is 3.05. The number of thiazole rings is 1. The molecule has 0 amide bonds. The van der Waals surface area contributed by atoms with Crippen LogP contribution in [0.5, 0.6) is 0 Å². The molecule has 0 aliphatic rings. The fraction of sp³-hybridized carbons (Fsp3) is 0.261. The van der Waals surface area contributed by atoms with Crippen molar-refractivity contribution in [2.75, 3.05) is 19.0 Å². The van der Waals surface area contributed by atoms with E-state index >= 15 is 0 Å². The summed E-state index contributed by atoms with van der Waals surface area (Å²) in [6.07, 6.45) is -0.0117. The van der Waals surface area contributed by atoms with Crippen LogP contribution in [0.4, 0.5) is 11.4 Å². The highest BCUT2D eigenvalue weighted by molar-refractivity contribution is 7.15. The Kier molecular flexibility index (Phi) is 6.83. The molecular weight excluding hydrogens is 398 g/mol. The molecule has 0 radical (unpaired) electrons. The van der Waals surface area contributed by atoms with Gasteiger partial charge in [0.25, 0.3) is 0 Å². The molecule has 1 atom stereocenters. The van der Waals surface area contributed by atoms with Gasteiger partial charge in [-0.15, -0.1) is 11.3 Å². The van der Waals surface area contributed by atoms with Gasteiger partial charge in [0.15, 0.2) is 0 Å². The Balaban J connectivity index is 2.06. The number of aliphatic carboxylic acids is 1. The number of aryl methyl sites for hydroxylation is 2. The SMILES string of the molecule is COCC(CC(=O)O)c1ccc(-c2sc(C)nc2C)c(Nc2ccc(C#N)cc2)c1. The number of nitrogens with one attached hydrogen (secondary N) is 1. The Hall–Kier alpha value is -3.21. The van der Waals surface area contributed by atoms with Crippen LogP contribution in [0.15, 0.2) is 42.5 Å². The number of aromatic nitrogens is 1. The Morgan fingerprint density at radius 1 is 1.27 bits per heavy atom. The van der Waals surface area contributed by atoms with E-state index in [1.165, 1.54) is 0 Å². The zero-order valence-electron chi connectivity index (χ0n) is 17.1. The lowest BCUT2D eigenvalue weighted by Gasteiger charge is -2.18. The van der Waals surface area contributed by atoms with Crippen molar-refractivity contribution < 1.29 is 14.6 Å². The summed E-state index contributed by atoms with van der Waals surface area (Å²) in [4.78, 5) is 16.9. The summed E-state index contributed by atoms with van der Waals surface area (Å²) < 4.78 is 5.26. The zero-order valence-corrected chi connectivity index (χ0v) is 17.9. The van der Waals surface area contributed by atoms with Crippen LogP contribution in [-0.2, 0) is 9.53 Å². The van der Waals surface area contributed by atoms with Crippen LogP contribution < -0.4 is 5.32 Å². The Morgan fingerprint density at radius 3 is 2.57 bits per heavy atom. The summed E-state index contributed by atoms with van der Waals surface area (Å²) in [6, 6.07) is 15.3. The van der Waals surface area contributed by atoms with E-state index in [0.717, 1.165) is 38.1 Å². The minimum atomic E-state index is -0.864. The van der Waals surface area contributed by atoms with Gasteiger partial charge < -0.3 is 15.2 Å². The van der Waals surface area contributed by atoms with Crippen LogP contribution in [0.3, 0.4) is 0 Å². The van der Waals surface area contributed by atoms with Crippen molar-refractivity contribution >= 4 is 28.7 Å². The first kappa shape index (κ1) is 21.5. The molecule has 0 fully saturated rings. The lowest BCUT2D eigenvalue weighted by Crippen LogP contribution is -2.12. The molecule has 7 heteroatoms. The van der Waals surface area contributed by atoms with Crippen molar-refractivity contribution in [2.24, 2.45) is 0 Å². The molecule has 0 spiro atoms. The van der Waals surface area contributed by atoms with Gasteiger partial charge in [-0.25, -0.2) is 4.98 Å². The average molecular weight is 422 g/mol. The standard InChI is InChI=1S/C23H23N3O3S/c1-14-23(30-15(2)25-14)20-9-6-17(18(13-29-3)11-22(27)28)10-21(20)26-19-7-4-16(12-24)5-8-19/h4-10,18,26H,11,13H2,1-3H3,(H,27,28). The number of carboxylic acids is 1. The largest absolute Gasteiger partial charge is 0.481 e. The molecule has 2 aromatic carbocycles. The highest BCUT2D eigenvalue weighted by Crippen LogP contribution is 2.38. The summed E-state index contributed by atoms with van der Waals surface area (Å²) in [5.74, 6) is -1.12. The number of carbonyl (C=O) groups is 1. The quantitative estimate of drug-likeness (QED) is 0.516. The van der Waals surface area contributed by atoms with E-state index in [-0.39, 0.29) is 12.3 Å². The zero-order chi connectivity index (χ0) is 21.7. The van der Waals surface area contributed by atoms with E-state index in [2.05, 4.69) is 16.4 Å². The van der Waals surface area contributed by atoms with E-state index in [1.54, 1.807) is 30.6 Å². The number of rotatable bonds is 8. The van der Waals surface area contributed by atoms with E-state index < -0.39 is 5.97 Å². The second-order valence-electron chi connectivity index (χ2n) is 7.02. The van der Waals surface area contributed by atoms with Crippen LogP contribution in [0.1, 0.15) is 34.2 Å². The third kappa shape index (κ3) is 5.03. The number of methoxy groups -OCH3 is 1. The molecule has 0 bridgehead atoms. The molecule has 30 heavy (non-hydrogen) atoms. The van der Waals surface area contributed by atoms with Crippen molar-refractivity contribution in [3.63, 3.8) is 0 Å². The monoisotopic (exact) mass is 421 g/mol. The van der Waals surface area contributed by atoms with Gasteiger partial charge in [0.1, 0.15) is 0 Å². The smallest absolute Gasteiger partial charge is 0.304 e. The van der Waals surface area contributed by atoms with Crippen molar-refractivity contribution in [3.8, 4) is 16.5 Å². The van der Waals surface area contributed by atoms with Crippen LogP contribution in [0.25, 0.3) is 10.4 Å². The molecule has 0 aliphatic heterocycles. The summed E-state index contributed by atoms with van der Waals surface area (Å²) in [6.45, 7) is 4.28. The van der Waals surface area contributed by atoms with Gasteiger partial charge in [0, 0.05) is 30.0 Å². The minimum absolute atomic E-state index is 0.0117. The van der Waals surface area contributed by atoms with Gasteiger partial charge in [0.05, 0.1) is 40.2 Å². The molecule has 1 heterocycles. The predicted molar refractivity (Wildman–Crippen MR) is 118 cm³/mol. The van der Waals surface area contributed by atoms with Crippen LogP contribution in [0.2, 0.25) is 0 Å². The van der Waals surface area contributed by atoms with Gasteiger partial charge >= 0.3 is 5.97 Å². The molecule has 6 nitrogen and oxygen atoms in total. The molecule has 3 aromatic rings. The molecule has 2 N–H and O–H groups in total. The Bertz CT molecular complexity index is 1080. The lowest BCUT2D eigenvalue weighted by molar-refractivity contribution is -0.137. The second-order valence-corrected chi connectivity index (χ2v) is 8.22. The van der Waals surface area contributed by atoms with Crippen molar-refractivity contribution in [1.29, 1.82) is 5.26 Å². The van der Waals surface area contributed by atoms with Gasteiger partial charge in [-0.1, -0.05) is 12.1 Å². The highest BCUT2D eigenvalue weighted by Gasteiger charge is 2.19. The third-order valence-corrected chi connectivity index (χ3v) is 5.85. The van der Waals surface area contributed by atoms with Crippen molar-refractivity contribution in [3.05, 3.63) is 64.3 Å². The number of carboxylic acid groups (broad SMARTS) is 1. The van der Waals surface area contributed by atoms with E-state index in [9.17, 15) is 9.90 Å². The maximum atomic E-state index is 11.3. The number of nitrogens with zero attached hydrogens (tertiary/aromatic N) is 2. The maximum absolute atomic E-state index is 11.3. The normalized spacial score (nSPS) is 11.7. The molecule has 1 aromatic heterocycles. The van der Waals surface area contributed by atoms with Crippen LogP contribution in [-0.4, -0.2) is 29.8 Å². The number of hydrogen-bond donors (Lipinski definition) is 2. The molecular formula is C23H23N3O3S. The number of ether oxygens (including phenoxy) is 1. The molecule has 1 unspecified atom stereocenters. The molecule has 0 aliphatic carbocycles. The van der Waals surface area contributed by atoms with E-state index in [0.29, 0.717) is 12.2 Å². The number of hydrogen-bond acceptors (Lipinski definition) is 6. The van der Waals surface area contributed by atoms with Gasteiger partial charge in [-0.2, -0.15) is 5.26 Å². The predicted octanol–water partition coefficient (Wildman–Crippen LogP) is 5.25. The van der Waals surface area contributed by atoms with Crippen LogP contribution >= 0.6 is 11.3 Å².